The lowest BCUT2D eigenvalue weighted by Gasteiger charge is -2.11. The molecule has 0 saturated heterocycles. The van der Waals surface area contributed by atoms with Gasteiger partial charge in [0.15, 0.2) is 0 Å². The Morgan fingerprint density at radius 3 is 2.56 bits per heavy atom. The summed E-state index contributed by atoms with van der Waals surface area (Å²) in [4.78, 5) is 4.80. The number of aromatic nitrogens is 2. The number of thioether (sulfide) groups is 1. The summed E-state index contributed by atoms with van der Waals surface area (Å²) >= 11 is 0.729. The first-order chi connectivity index (χ1) is 12.9. The largest absolute Gasteiger partial charge is 0.497 e. The predicted molar refractivity (Wildman–Crippen MR) is 96.8 cm³/mol. The molecular formula is C18H16F3N3O2S. The van der Waals surface area contributed by atoms with E-state index in [-0.39, 0.29) is 6.54 Å². The van der Waals surface area contributed by atoms with E-state index < -0.39 is 11.9 Å². The molecule has 1 aromatic heterocycles. The zero-order valence-electron chi connectivity index (χ0n) is 14.3. The molecular weight excluding hydrogens is 379 g/mol. The van der Waals surface area contributed by atoms with E-state index in [4.69, 9.17) is 9.26 Å². The van der Waals surface area contributed by atoms with Crippen LogP contribution in [-0.4, -0.2) is 29.2 Å². The number of methoxy groups -OCH3 is 1. The zero-order chi connectivity index (χ0) is 19.3. The van der Waals surface area contributed by atoms with E-state index in [2.05, 4.69) is 15.5 Å². The van der Waals surface area contributed by atoms with Gasteiger partial charge in [0.2, 0.25) is 11.7 Å². The number of nitrogens with one attached hydrogen (secondary N) is 1. The minimum atomic E-state index is -4.22. The van der Waals surface area contributed by atoms with Crippen molar-refractivity contribution in [2.45, 2.75) is 17.6 Å². The van der Waals surface area contributed by atoms with E-state index in [0.717, 1.165) is 23.1 Å². The van der Waals surface area contributed by atoms with Crippen LogP contribution in [0.5, 0.6) is 5.75 Å². The SMILES string of the molecule is COc1ccc(-c2noc(CNc3ccccc3SCC(F)(F)F)n2)cc1. The van der Waals surface area contributed by atoms with Gasteiger partial charge in [-0.05, 0) is 36.4 Å². The first-order valence-electron chi connectivity index (χ1n) is 7.94. The summed E-state index contributed by atoms with van der Waals surface area (Å²) in [5.74, 6) is 0.524. The van der Waals surface area contributed by atoms with Gasteiger partial charge in [0.25, 0.3) is 0 Å². The van der Waals surface area contributed by atoms with Crippen LogP contribution in [-0.2, 0) is 6.54 Å². The molecule has 27 heavy (non-hydrogen) atoms. The monoisotopic (exact) mass is 395 g/mol. The van der Waals surface area contributed by atoms with Crippen LogP contribution in [0, 0.1) is 0 Å². The van der Waals surface area contributed by atoms with Gasteiger partial charge in [0.1, 0.15) is 5.75 Å². The van der Waals surface area contributed by atoms with Crippen molar-refractivity contribution in [3.8, 4) is 17.1 Å². The smallest absolute Gasteiger partial charge is 0.398 e. The molecule has 0 radical (unpaired) electrons. The van der Waals surface area contributed by atoms with Crippen LogP contribution in [0.2, 0.25) is 0 Å². The molecule has 2 aromatic carbocycles. The molecule has 0 aliphatic rings. The summed E-state index contributed by atoms with van der Waals surface area (Å²) in [6.45, 7) is 0.201. The molecule has 0 unspecified atom stereocenters. The van der Waals surface area contributed by atoms with Crippen LogP contribution in [0.3, 0.4) is 0 Å². The predicted octanol–water partition coefficient (Wildman–Crippen LogP) is 5.01. The molecule has 0 aliphatic carbocycles. The fourth-order valence-corrected chi connectivity index (χ4v) is 3.04. The second-order valence-corrected chi connectivity index (χ2v) is 6.51. The van der Waals surface area contributed by atoms with Gasteiger partial charge < -0.3 is 14.6 Å². The van der Waals surface area contributed by atoms with E-state index in [0.29, 0.717) is 22.3 Å². The average molecular weight is 395 g/mol. The van der Waals surface area contributed by atoms with Crippen molar-refractivity contribution in [2.24, 2.45) is 0 Å². The van der Waals surface area contributed by atoms with E-state index in [1.54, 1.807) is 43.5 Å². The van der Waals surface area contributed by atoms with Gasteiger partial charge in [-0.25, -0.2) is 0 Å². The number of hydrogen-bond acceptors (Lipinski definition) is 6. The van der Waals surface area contributed by atoms with E-state index in [9.17, 15) is 13.2 Å². The average Bonchev–Trinajstić information content (AvgIpc) is 3.14. The lowest BCUT2D eigenvalue weighted by atomic mass is 10.2. The molecule has 0 aliphatic heterocycles. The summed E-state index contributed by atoms with van der Waals surface area (Å²) in [7, 11) is 1.58. The molecule has 0 saturated carbocycles. The molecule has 0 fully saturated rings. The highest BCUT2D eigenvalue weighted by atomic mass is 32.2. The first kappa shape index (κ1) is 19.1. The number of ether oxygens (including phenoxy) is 1. The van der Waals surface area contributed by atoms with Crippen molar-refractivity contribution < 1.29 is 22.4 Å². The Morgan fingerprint density at radius 2 is 1.85 bits per heavy atom. The molecule has 142 valence electrons. The number of halogens is 3. The maximum Gasteiger partial charge on any atom is 0.398 e. The highest BCUT2D eigenvalue weighted by molar-refractivity contribution is 7.99. The quantitative estimate of drug-likeness (QED) is 0.568. The highest BCUT2D eigenvalue weighted by Crippen LogP contribution is 2.32. The number of hydrogen-bond donors (Lipinski definition) is 1. The summed E-state index contributed by atoms with van der Waals surface area (Å²) in [6, 6.07) is 14.0. The van der Waals surface area contributed by atoms with Gasteiger partial charge >= 0.3 is 6.18 Å². The molecule has 0 atom stereocenters. The Kier molecular flexibility index (Phi) is 5.90. The van der Waals surface area contributed by atoms with Gasteiger partial charge in [-0.1, -0.05) is 17.3 Å². The molecule has 5 nitrogen and oxygen atoms in total. The summed E-state index contributed by atoms with van der Waals surface area (Å²) < 4.78 is 47.7. The Bertz CT molecular complexity index is 882. The fourth-order valence-electron chi connectivity index (χ4n) is 2.25. The van der Waals surface area contributed by atoms with Gasteiger partial charge in [0, 0.05) is 16.1 Å². The van der Waals surface area contributed by atoms with Crippen LogP contribution >= 0.6 is 11.8 Å². The molecule has 0 bridgehead atoms. The van der Waals surface area contributed by atoms with Crippen molar-refractivity contribution in [2.75, 3.05) is 18.2 Å². The Morgan fingerprint density at radius 1 is 1.11 bits per heavy atom. The lowest BCUT2D eigenvalue weighted by Crippen LogP contribution is -2.11. The van der Waals surface area contributed by atoms with Crippen molar-refractivity contribution in [3.63, 3.8) is 0 Å². The maximum absolute atomic E-state index is 12.5. The number of rotatable bonds is 7. The maximum atomic E-state index is 12.5. The molecule has 1 N–H and O–H groups in total. The van der Waals surface area contributed by atoms with E-state index >= 15 is 0 Å². The third-order valence-corrected chi connectivity index (χ3v) is 4.66. The first-order valence-corrected chi connectivity index (χ1v) is 8.92. The number of alkyl halides is 3. The molecule has 0 spiro atoms. The Hall–Kier alpha value is -2.68. The fraction of sp³-hybridized carbons (Fsp3) is 0.222. The molecule has 3 rings (SSSR count). The standard InChI is InChI=1S/C18H16F3N3O2S/c1-25-13-8-6-12(7-9-13)17-23-16(26-24-17)10-22-14-4-2-3-5-15(14)27-11-18(19,20)21/h2-9,22H,10-11H2,1H3. The minimum Gasteiger partial charge on any atom is -0.497 e. The summed E-state index contributed by atoms with van der Waals surface area (Å²) in [5.41, 5.74) is 1.35. The molecule has 1 heterocycles. The third-order valence-electron chi connectivity index (χ3n) is 3.52. The number of para-hydroxylation sites is 1. The van der Waals surface area contributed by atoms with Crippen molar-refractivity contribution in [1.82, 2.24) is 10.1 Å². The number of benzene rings is 2. The zero-order valence-corrected chi connectivity index (χ0v) is 15.1. The highest BCUT2D eigenvalue weighted by Gasteiger charge is 2.27. The minimum absolute atomic E-state index is 0.201. The molecule has 0 amide bonds. The third kappa shape index (κ3) is 5.40. The molecule has 3 aromatic rings. The van der Waals surface area contributed by atoms with E-state index in [1.165, 1.54) is 0 Å². The second-order valence-electron chi connectivity index (χ2n) is 5.49. The van der Waals surface area contributed by atoms with E-state index in [1.807, 2.05) is 12.1 Å². The van der Waals surface area contributed by atoms with Crippen LogP contribution in [0.15, 0.2) is 57.9 Å². The van der Waals surface area contributed by atoms with Gasteiger partial charge in [-0.15, -0.1) is 11.8 Å². The Labute approximate surface area is 157 Å². The normalized spacial score (nSPS) is 11.4. The van der Waals surface area contributed by atoms with Crippen LogP contribution in [0.1, 0.15) is 5.89 Å². The van der Waals surface area contributed by atoms with Crippen molar-refractivity contribution in [3.05, 3.63) is 54.4 Å². The second kappa shape index (κ2) is 8.34. The summed E-state index contributed by atoms with van der Waals surface area (Å²) in [5, 5.41) is 6.97. The van der Waals surface area contributed by atoms with Crippen LogP contribution in [0.25, 0.3) is 11.4 Å². The van der Waals surface area contributed by atoms with Gasteiger partial charge in [0.05, 0.1) is 19.4 Å². The number of nitrogens with zero attached hydrogens (tertiary/aromatic N) is 2. The number of anilines is 1. The van der Waals surface area contributed by atoms with Crippen molar-refractivity contribution in [1.29, 1.82) is 0 Å². The van der Waals surface area contributed by atoms with Crippen molar-refractivity contribution >= 4 is 17.4 Å². The topological polar surface area (TPSA) is 60.2 Å². The summed E-state index contributed by atoms with van der Waals surface area (Å²) in [6.07, 6.45) is -4.22. The van der Waals surface area contributed by atoms with Crippen LogP contribution in [0.4, 0.5) is 18.9 Å². The van der Waals surface area contributed by atoms with Gasteiger partial charge in [-0.3, -0.25) is 0 Å². The lowest BCUT2D eigenvalue weighted by molar-refractivity contribution is -0.105. The van der Waals surface area contributed by atoms with Gasteiger partial charge in [-0.2, -0.15) is 18.2 Å². The molecule has 9 heteroatoms. The Balaban J connectivity index is 1.65. The van der Waals surface area contributed by atoms with Crippen LogP contribution < -0.4 is 10.1 Å².